The van der Waals surface area contributed by atoms with Crippen LogP contribution >= 0.6 is 0 Å². The zero-order valence-corrected chi connectivity index (χ0v) is 14.0. The topological polar surface area (TPSA) is 12.9 Å². The van der Waals surface area contributed by atoms with Crippen molar-refractivity contribution in [2.75, 3.05) is 0 Å². The molecular formula is C23H19N. The van der Waals surface area contributed by atoms with Gasteiger partial charge < -0.3 is 0 Å². The van der Waals surface area contributed by atoms with Crippen LogP contribution in [0.1, 0.15) is 11.1 Å². The first-order valence-corrected chi connectivity index (χ1v) is 8.25. The van der Waals surface area contributed by atoms with Crippen LogP contribution in [0.4, 0.5) is 0 Å². The van der Waals surface area contributed by atoms with E-state index in [9.17, 15) is 0 Å². The number of benzene rings is 3. The summed E-state index contributed by atoms with van der Waals surface area (Å²) in [5.41, 5.74) is 8.19. The first kappa shape index (κ1) is 14.6. The molecule has 1 nitrogen and oxygen atoms in total. The molecule has 0 atom stereocenters. The van der Waals surface area contributed by atoms with E-state index in [1.807, 2.05) is 0 Å². The number of nitrogens with zero attached hydrogens (tertiary/aromatic N) is 1. The monoisotopic (exact) mass is 309 g/mol. The normalized spacial score (nSPS) is 10.9. The van der Waals surface area contributed by atoms with Gasteiger partial charge in [-0.2, -0.15) is 0 Å². The maximum absolute atomic E-state index is 4.96. The van der Waals surface area contributed by atoms with E-state index in [4.69, 9.17) is 4.98 Å². The van der Waals surface area contributed by atoms with Gasteiger partial charge in [-0.05, 0) is 36.6 Å². The second-order valence-electron chi connectivity index (χ2n) is 6.26. The van der Waals surface area contributed by atoms with Crippen LogP contribution in [-0.4, -0.2) is 4.98 Å². The molecule has 0 fully saturated rings. The summed E-state index contributed by atoms with van der Waals surface area (Å²) < 4.78 is 0. The second-order valence-corrected chi connectivity index (χ2v) is 6.26. The highest BCUT2D eigenvalue weighted by molar-refractivity contribution is 5.98. The number of aryl methyl sites for hydroxylation is 2. The van der Waals surface area contributed by atoms with Gasteiger partial charge in [0.1, 0.15) is 0 Å². The number of rotatable bonds is 2. The van der Waals surface area contributed by atoms with E-state index in [0.717, 1.165) is 16.8 Å². The van der Waals surface area contributed by atoms with Crippen molar-refractivity contribution >= 4 is 10.9 Å². The largest absolute Gasteiger partial charge is 0.247 e. The summed E-state index contributed by atoms with van der Waals surface area (Å²) in [6.45, 7) is 4.24. The molecule has 0 aliphatic carbocycles. The highest BCUT2D eigenvalue weighted by Crippen LogP contribution is 2.33. The number of hydrogen-bond donors (Lipinski definition) is 0. The number of para-hydroxylation sites is 1. The van der Waals surface area contributed by atoms with Crippen molar-refractivity contribution in [1.29, 1.82) is 0 Å². The second kappa shape index (κ2) is 5.93. The summed E-state index contributed by atoms with van der Waals surface area (Å²) in [4.78, 5) is 4.96. The van der Waals surface area contributed by atoms with Gasteiger partial charge in [0.2, 0.25) is 0 Å². The zero-order valence-electron chi connectivity index (χ0n) is 14.0. The third kappa shape index (κ3) is 2.59. The van der Waals surface area contributed by atoms with Gasteiger partial charge in [-0.25, -0.2) is 4.98 Å². The maximum Gasteiger partial charge on any atom is 0.0744 e. The molecule has 0 aliphatic rings. The van der Waals surface area contributed by atoms with Crippen LogP contribution < -0.4 is 0 Å². The summed E-state index contributed by atoms with van der Waals surface area (Å²) in [7, 11) is 0. The molecule has 1 heterocycles. The maximum atomic E-state index is 4.96. The van der Waals surface area contributed by atoms with E-state index >= 15 is 0 Å². The van der Waals surface area contributed by atoms with Crippen molar-refractivity contribution in [3.05, 3.63) is 90.0 Å². The SMILES string of the molecule is Cc1ccc(-c2cc(-c3ccccc3)c3cccc(C)c3n2)cc1. The Morgan fingerprint density at radius 1 is 0.667 bits per heavy atom. The Balaban J connectivity index is 2.03. The first-order valence-electron chi connectivity index (χ1n) is 8.25. The molecule has 24 heavy (non-hydrogen) atoms. The van der Waals surface area contributed by atoms with Crippen LogP contribution in [0.3, 0.4) is 0 Å². The number of fused-ring (bicyclic) bond motifs is 1. The van der Waals surface area contributed by atoms with Gasteiger partial charge in [-0.15, -0.1) is 0 Å². The summed E-state index contributed by atoms with van der Waals surface area (Å²) in [5.74, 6) is 0. The van der Waals surface area contributed by atoms with Crippen LogP contribution in [0.5, 0.6) is 0 Å². The van der Waals surface area contributed by atoms with Crippen molar-refractivity contribution in [2.24, 2.45) is 0 Å². The van der Waals surface area contributed by atoms with Gasteiger partial charge in [0.05, 0.1) is 11.2 Å². The van der Waals surface area contributed by atoms with Crippen LogP contribution in [0.2, 0.25) is 0 Å². The third-order valence-electron chi connectivity index (χ3n) is 4.47. The van der Waals surface area contributed by atoms with E-state index < -0.39 is 0 Å². The minimum absolute atomic E-state index is 1.02. The minimum Gasteiger partial charge on any atom is -0.247 e. The molecule has 0 saturated heterocycles. The highest BCUT2D eigenvalue weighted by Gasteiger charge is 2.10. The molecule has 0 amide bonds. The molecular weight excluding hydrogens is 290 g/mol. The summed E-state index contributed by atoms with van der Waals surface area (Å²) in [5, 5.41) is 1.21. The average molecular weight is 309 g/mol. The Morgan fingerprint density at radius 2 is 1.42 bits per heavy atom. The van der Waals surface area contributed by atoms with Gasteiger partial charge in [-0.3, -0.25) is 0 Å². The molecule has 0 unspecified atom stereocenters. The van der Waals surface area contributed by atoms with Crippen LogP contribution in [0.15, 0.2) is 78.9 Å². The minimum atomic E-state index is 1.02. The van der Waals surface area contributed by atoms with Crippen molar-refractivity contribution in [1.82, 2.24) is 4.98 Å². The fourth-order valence-electron chi connectivity index (χ4n) is 3.12. The molecule has 116 valence electrons. The van der Waals surface area contributed by atoms with E-state index in [2.05, 4.69) is 92.7 Å². The summed E-state index contributed by atoms with van der Waals surface area (Å²) >= 11 is 0. The Kier molecular flexibility index (Phi) is 3.62. The predicted octanol–water partition coefficient (Wildman–Crippen LogP) is 6.19. The van der Waals surface area contributed by atoms with Crippen molar-refractivity contribution in [2.45, 2.75) is 13.8 Å². The predicted molar refractivity (Wildman–Crippen MR) is 102 cm³/mol. The molecule has 0 spiro atoms. The molecule has 0 N–H and O–H groups in total. The molecule has 1 heteroatoms. The van der Waals surface area contributed by atoms with Crippen LogP contribution in [0.25, 0.3) is 33.3 Å². The van der Waals surface area contributed by atoms with E-state index in [-0.39, 0.29) is 0 Å². The fraction of sp³-hybridized carbons (Fsp3) is 0.0870. The molecule has 1 aromatic heterocycles. The standard InChI is InChI=1S/C23H19N/c1-16-11-13-19(14-12-16)22-15-21(18-8-4-3-5-9-18)20-10-6-7-17(2)23(20)24-22/h3-15H,1-2H3. The van der Waals surface area contributed by atoms with E-state index in [0.29, 0.717) is 0 Å². The Morgan fingerprint density at radius 3 is 2.17 bits per heavy atom. The lowest BCUT2D eigenvalue weighted by molar-refractivity contribution is 1.35. The third-order valence-corrected chi connectivity index (χ3v) is 4.47. The highest BCUT2D eigenvalue weighted by atomic mass is 14.7. The smallest absolute Gasteiger partial charge is 0.0744 e. The molecule has 0 aliphatic heterocycles. The van der Waals surface area contributed by atoms with E-state index in [1.165, 1.54) is 27.6 Å². The lowest BCUT2D eigenvalue weighted by atomic mass is 9.97. The van der Waals surface area contributed by atoms with Crippen molar-refractivity contribution in [3.63, 3.8) is 0 Å². The Hall–Kier alpha value is -2.93. The van der Waals surface area contributed by atoms with Crippen molar-refractivity contribution < 1.29 is 0 Å². The lowest BCUT2D eigenvalue weighted by Gasteiger charge is -2.12. The first-order chi connectivity index (χ1) is 11.7. The molecule has 3 aromatic carbocycles. The number of hydrogen-bond acceptors (Lipinski definition) is 1. The zero-order chi connectivity index (χ0) is 16.5. The van der Waals surface area contributed by atoms with Crippen LogP contribution in [0, 0.1) is 13.8 Å². The lowest BCUT2D eigenvalue weighted by Crippen LogP contribution is -1.92. The quantitative estimate of drug-likeness (QED) is 0.430. The average Bonchev–Trinajstić information content (AvgIpc) is 2.63. The summed E-state index contributed by atoms with van der Waals surface area (Å²) in [6, 6.07) is 27.7. The van der Waals surface area contributed by atoms with E-state index in [1.54, 1.807) is 0 Å². The van der Waals surface area contributed by atoms with Gasteiger partial charge in [0.25, 0.3) is 0 Å². The molecule has 0 saturated carbocycles. The summed E-state index contributed by atoms with van der Waals surface area (Å²) in [6.07, 6.45) is 0. The van der Waals surface area contributed by atoms with Crippen LogP contribution in [-0.2, 0) is 0 Å². The fourth-order valence-corrected chi connectivity index (χ4v) is 3.12. The molecule has 4 aromatic rings. The van der Waals surface area contributed by atoms with Gasteiger partial charge in [-0.1, -0.05) is 78.4 Å². The Labute approximate surface area is 142 Å². The molecule has 0 bridgehead atoms. The molecule has 0 radical (unpaired) electrons. The number of aromatic nitrogens is 1. The van der Waals surface area contributed by atoms with Gasteiger partial charge in [0.15, 0.2) is 0 Å². The number of pyridine rings is 1. The van der Waals surface area contributed by atoms with Gasteiger partial charge >= 0.3 is 0 Å². The Bertz CT molecular complexity index is 999. The van der Waals surface area contributed by atoms with Crippen molar-refractivity contribution in [3.8, 4) is 22.4 Å². The van der Waals surface area contributed by atoms with Gasteiger partial charge in [0, 0.05) is 10.9 Å². The molecule has 4 rings (SSSR count).